The average Bonchev–Trinajstić information content (AvgIpc) is 2.81. The van der Waals surface area contributed by atoms with Gasteiger partial charge in [0, 0.05) is 13.1 Å². The first kappa shape index (κ1) is 33.3. The third-order valence-electron chi connectivity index (χ3n) is 6.41. The summed E-state index contributed by atoms with van der Waals surface area (Å²) in [6, 6.07) is 0. The highest BCUT2D eigenvalue weighted by molar-refractivity contribution is 7.40. The van der Waals surface area contributed by atoms with Crippen LogP contribution in [0.15, 0.2) is 0 Å². The van der Waals surface area contributed by atoms with Gasteiger partial charge in [-0.15, -0.1) is 0 Å². The predicted octanol–water partition coefficient (Wildman–Crippen LogP) is 10.1. The Bertz CT molecular complexity index is 344. The molecule has 0 saturated carbocycles. The summed E-state index contributed by atoms with van der Waals surface area (Å²) in [5.41, 5.74) is 0. The quantitative estimate of drug-likeness (QED) is 0.0674. The summed E-state index contributed by atoms with van der Waals surface area (Å²) in [6.07, 6.45) is 28.4. The topological polar surface area (TPSA) is 41.9 Å². The van der Waals surface area contributed by atoms with Crippen molar-refractivity contribution in [2.24, 2.45) is 0 Å². The van der Waals surface area contributed by atoms with E-state index in [9.17, 15) is 4.89 Å². The van der Waals surface area contributed by atoms with Gasteiger partial charge in [-0.3, -0.25) is 0 Å². The minimum Gasteiger partial charge on any atom is -0.327 e. The molecule has 0 radical (unpaired) electrons. The zero-order valence-corrected chi connectivity index (χ0v) is 23.7. The summed E-state index contributed by atoms with van der Waals surface area (Å²) in [5, 5.41) is 1.99. The first-order valence-electron chi connectivity index (χ1n) is 14.8. The largest absolute Gasteiger partial charge is 0.348 e. The van der Waals surface area contributed by atoms with E-state index >= 15 is 0 Å². The fourth-order valence-corrected chi connectivity index (χ4v) is 4.88. The minimum absolute atomic E-state index is 0.612. The molecule has 0 amide bonds. The molecular formula is C28H60NO3P. The molecule has 1 N–H and O–H groups in total. The molecule has 0 bridgehead atoms. The lowest BCUT2D eigenvalue weighted by molar-refractivity contribution is -0.0744. The van der Waals surface area contributed by atoms with Gasteiger partial charge in [0.1, 0.15) is 0 Å². The van der Waals surface area contributed by atoms with Gasteiger partial charge in [-0.1, -0.05) is 143 Å². The van der Waals surface area contributed by atoms with Crippen molar-refractivity contribution in [1.29, 1.82) is 0 Å². The monoisotopic (exact) mass is 489 g/mol. The van der Waals surface area contributed by atoms with Crippen LogP contribution in [-0.2, 0) is 9.15 Å². The van der Waals surface area contributed by atoms with Crippen molar-refractivity contribution in [3.63, 3.8) is 0 Å². The van der Waals surface area contributed by atoms with Gasteiger partial charge >= 0.3 is 8.60 Å². The molecule has 1 unspecified atom stereocenters. The van der Waals surface area contributed by atoms with E-state index in [2.05, 4.69) is 20.8 Å². The van der Waals surface area contributed by atoms with Crippen molar-refractivity contribution in [2.45, 2.75) is 162 Å². The molecule has 0 rings (SSSR count). The lowest BCUT2D eigenvalue weighted by atomic mass is 10.1. The number of nitrogens with zero attached hydrogens (tertiary/aromatic N) is 1. The Hall–Kier alpha value is 0.270. The Balaban J connectivity index is 3.87. The zero-order chi connectivity index (χ0) is 24.2. The van der Waals surface area contributed by atoms with E-state index in [0.717, 1.165) is 32.4 Å². The van der Waals surface area contributed by atoms with Crippen LogP contribution in [0.3, 0.4) is 0 Å². The SMILES string of the molecule is CCCCCCCCCCCCOP(O)ON(CCCCCCCC)CCCCCCCC. The van der Waals surface area contributed by atoms with E-state index in [4.69, 9.17) is 9.15 Å². The summed E-state index contributed by atoms with van der Waals surface area (Å²) < 4.78 is 11.4. The van der Waals surface area contributed by atoms with Gasteiger partial charge in [0.05, 0.1) is 6.61 Å². The van der Waals surface area contributed by atoms with Gasteiger partial charge in [-0.25, -0.2) is 4.62 Å². The van der Waals surface area contributed by atoms with Crippen molar-refractivity contribution in [2.75, 3.05) is 19.7 Å². The lowest BCUT2D eigenvalue weighted by Gasteiger charge is -2.23. The normalized spacial score (nSPS) is 12.6. The smallest absolute Gasteiger partial charge is 0.327 e. The van der Waals surface area contributed by atoms with Crippen LogP contribution >= 0.6 is 8.60 Å². The standard InChI is InChI=1S/C28H60NO3P/c1-4-7-10-13-16-17-18-19-22-25-28-31-33(30)32-29(26-23-20-14-11-8-5-2)27-24-21-15-12-9-6-3/h30H,4-28H2,1-3H3. The maximum Gasteiger partial charge on any atom is 0.348 e. The van der Waals surface area contributed by atoms with Crippen LogP contribution in [0.5, 0.6) is 0 Å². The van der Waals surface area contributed by atoms with E-state index < -0.39 is 8.60 Å². The van der Waals surface area contributed by atoms with E-state index in [-0.39, 0.29) is 0 Å². The molecule has 0 aliphatic rings. The van der Waals surface area contributed by atoms with E-state index in [1.54, 1.807) is 0 Å². The molecule has 0 saturated heterocycles. The van der Waals surface area contributed by atoms with Crippen molar-refractivity contribution in [3.8, 4) is 0 Å². The molecular weight excluding hydrogens is 429 g/mol. The molecule has 200 valence electrons. The molecule has 0 heterocycles. The van der Waals surface area contributed by atoms with Gasteiger partial charge < -0.3 is 9.42 Å². The van der Waals surface area contributed by atoms with Crippen molar-refractivity contribution in [3.05, 3.63) is 0 Å². The minimum atomic E-state index is -1.79. The summed E-state index contributed by atoms with van der Waals surface area (Å²) in [4.78, 5) is 10.3. The van der Waals surface area contributed by atoms with Crippen LogP contribution in [0, 0.1) is 0 Å². The summed E-state index contributed by atoms with van der Waals surface area (Å²) in [6.45, 7) is 9.21. The van der Waals surface area contributed by atoms with Crippen molar-refractivity contribution < 1.29 is 14.0 Å². The van der Waals surface area contributed by atoms with Crippen LogP contribution < -0.4 is 0 Å². The number of hydrogen-bond donors (Lipinski definition) is 1. The molecule has 0 fully saturated rings. The molecule has 0 aromatic heterocycles. The molecule has 33 heavy (non-hydrogen) atoms. The fraction of sp³-hybridized carbons (Fsp3) is 1.00. The fourth-order valence-electron chi connectivity index (χ4n) is 4.18. The van der Waals surface area contributed by atoms with E-state index in [0.29, 0.717) is 6.61 Å². The number of unbranched alkanes of at least 4 members (excludes halogenated alkanes) is 19. The van der Waals surface area contributed by atoms with Crippen LogP contribution in [0.2, 0.25) is 0 Å². The molecule has 0 aliphatic heterocycles. The predicted molar refractivity (Wildman–Crippen MR) is 146 cm³/mol. The Labute approximate surface area is 209 Å². The van der Waals surface area contributed by atoms with Crippen molar-refractivity contribution in [1.82, 2.24) is 5.06 Å². The Morgan fingerprint density at radius 3 is 1.21 bits per heavy atom. The zero-order valence-electron chi connectivity index (χ0n) is 22.8. The molecule has 4 nitrogen and oxygen atoms in total. The first-order valence-corrected chi connectivity index (χ1v) is 15.9. The molecule has 0 aromatic carbocycles. The molecule has 0 aromatic rings. The maximum absolute atomic E-state index is 10.3. The average molecular weight is 490 g/mol. The highest BCUT2D eigenvalue weighted by Crippen LogP contribution is 2.34. The number of hydrogen-bond acceptors (Lipinski definition) is 4. The highest BCUT2D eigenvalue weighted by Gasteiger charge is 2.14. The number of hydroxylamine groups is 2. The Kier molecular flexibility index (Phi) is 28.7. The molecule has 5 heteroatoms. The van der Waals surface area contributed by atoms with Crippen LogP contribution in [0.25, 0.3) is 0 Å². The highest BCUT2D eigenvalue weighted by atomic mass is 31.2. The van der Waals surface area contributed by atoms with Crippen LogP contribution in [-0.4, -0.2) is 29.7 Å². The second-order valence-electron chi connectivity index (χ2n) is 9.80. The van der Waals surface area contributed by atoms with E-state index in [1.807, 2.05) is 5.06 Å². The van der Waals surface area contributed by atoms with Gasteiger partial charge in [0.15, 0.2) is 0 Å². The Morgan fingerprint density at radius 1 is 0.485 bits per heavy atom. The second kappa shape index (κ2) is 28.5. The summed E-state index contributed by atoms with van der Waals surface area (Å²) >= 11 is 0. The molecule has 1 atom stereocenters. The maximum atomic E-state index is 10.3. The van der Waals surface area contributed by atoms with E-state index in [1.165, 1.54) is 122 Å². The van der Waals surface area contributed by atoms with Gasteiger partial charge in [0.25, 0.3) is 0 Å². The summed E-state index contributed by atoms with van der Waals surface area (Å²) in [7, 11) is -1.79. The second-order valence-corrected chi connectivity index (χ2v) is 10.7. The molecule has 0 spiro atoms. The van der Waals surface area contributed by atoms with Crippen molar-refractivity contribution >= 4 is 8.60 Å². The summed E-state index contributed by atoms with van der Waals surface area (Å²) in [5.74, 6) is 0. The van der Waals surface area contributed by atoms with Gasteiger partial charge in [0.2, 0.25) is 0 Å². The Morgan fingerprint density at radius 2 is 0.818 bits per heavy atom. The van der Waals surface area contributed by atoms with Crippen LogP contribution in [0.4, 0.5) is 0 Å². The molecule has 0 aliphatic carbocycles. The third-order valence-corrected chi connectivity index (χ3v) is 7.18. The third kappa shape index (κ3) is 26.7. The first-order chi connectivity index (χ1) is 16.2. The lowest BCUT2D eigenvalue weighted by Crippen LogP contribution is -2.25. The van der Waals surface area contributed by atoms with Gasteiger partial charge in [-0.2, -0.15) is 5.06 Å². The van der Waals surface area contributed by atoms with Gasteiger partial charge in [-0.05, 0) is 19.3 Å². The van der Waals surface area contributed by atoms with Crippen LogP contribution in [0.1, 0.15) is 162 Å². The number of rotatable bonds is 28.